The van der Waals surface area contributed by atoms with E-state index in [0.717, 1.165) is 44.9 Å². The number of hydrogen-bond donors (Lipinski definition) is 4. The summed E-state index contributed by atoms with van der Waals surface area (Å²) < 4.78 is 0. The monoisotopic (exact) mass is 408 g/mol. The Morgan fingerprint density at radius 2 is 1.59 bits per heavy atom. The highest BCUT2D eigenvalue weighted by molar-refractivity contribution is 5.66. The lowest BCUT2D eigenvalue weighted by Crippen LogP contribution is -2.64. The lowest BCUT2D eigenvalue weighted by Gasteiger charge is -2.63. The first-order chi connectivity index (χ1) is 13.6. The van der Waals surface area contributed by atoms with Gasteiger partial charge in [-0.2, -0.15) is 0 Å². The van der Waals surface area contributed by atoms with Gasteiger partial charge in [-0.25, -0.2) is 0 Å². The van der Waals surface area contributed by atoms with Gasteiger partial charge in [0.25, 0.3) is 0 Å². The molecule has 4 rings (SSSR count). The number of fused-ring (bicyclic) bond motifs is 5. The van der Waals surface area contributed by atoms with Crippen molar-refractivity contribution in [2.24, 2.45) is 46.3 Å². The van der Waals surface area contributed by atoms with E-state index in [-0.39, 0.29) is 35.2 Å². The summed E-state index contributed by atoms with van der Waals surface area (Å²) in [5.74, 6) is 1.06. The fourth-order valence-electron chi connectivity index (χ4n) is 8.77. The summed E-state index contributed by atoms with van der Waals surface area (Å²) in [4.78, 5) is 11.1. The van der Waals surface area contributed by atoms with Crippen molar-refractivity contribution in [3.63, 3.8) is 0 Å². The predicted molar refractivity (Wildman–Crippen MR) is 110 cm³/mol. The second-order valence-electron chi connectivity index (χ2n) is 11.5. The molecule has 4 aliphatic rings. The standard InChI is InChI=1S/C24H40O5/c1-13(4-7-19(26)27)15-5-6-16-20-17(9-11-23(15,16)2)24(3)10-8-14(25)12-18(24)21(28)22(20)29/h13-18,20-22,25,28-29H,4-12H2,1-3H3,(H,26,27)/t13-,14-,15-,16-,17-,18-,20-,21-,22+,23-,24-/m1/s1. The molecule has 166 valence electrons. The van der Waals surface area contributed by atoms with Crippen LogP contribution in [-0.2, 0) is 4.79 Å². The van der Waals surface area contributed by atoms with E-state index in [0.29, 0.717) is 30.1 Å². The molecule has 0 heterocycles. The topological polar surface area (TPSA) is 98.0 Å². The van der Waals surface area contributed by atoms with Crippen LogP contribution in [-0.4, -0.2) is 44.7 Å². The van der Waals surface area contributed by atoms with E-state index < -0.39 is 18.2 Å². The van der Waals surface area contributed by atoms with Gasteiger partial charge in [0, 0.05) is 6.42 Å². The first kappa shape index (κ1) is 21.6. The Bertz CT molecular complexity index is 637. The van der Waals surface area contributed by atoms with Gasteiger partial charge in [0.2, 0.25) is 0 Å². The minimum Gasteiger partial charge on any atom is -0.481 e. The van der Waals surface area contributed by atoms with Crippen LogP contribution in [0.1, 0.15) is 78.6 Å². The van der Waals surface area contributed by atoms with Crippen LogP contribution in [0.5, 0.6) is 0 Å². The van der Waals surface area contributed by atoms with Gasteiger partial charge in [-0.1, -0.05) is 20.8 Å². The van der Waals surface area contributed by atoms with Gasteiger partial charge in [0.15, 0.2) is 0 Å². The van der Waals surface area contributed by atoms with E-state index in [2.05, 4.69) is 20.8 Å². The highest BCUT2D eigenvalue weighted by Crippen LogP contribution is 2.68. The molecule has 0 bridgehead atoms. The Labute approximate surface area is 174 Å². The Hall–Kier alpha value is -0.650. The number of carboxylic acids is 1. The Morgan fingerprint density at radius 3 is 2.28 bits per heavy atom. The maximum Gasteiger partial charge on any atom is 0.303 e. The van der Waals surface area contributed by atoms with E-state index in [1.165, 1.54) is 0 Å². The number of aliphatic hydroxyl groups excluding tert-OH is 3. The molecule has 0 radical (unpaired) electrons. The SMILES string of the molecule is C[C@H](CCC(=O)O)[C@H]1CC[C@@H]2[C@H]3[C@H](O)[C@H](O)[C@H]4C[C@H](O)CC[C@]4(C)[C@@H]3CC[C@@]21C. The summed E-state index contributed by atoms with van der Waals surface area (Å²) in [7, 11) is 0. The number of rotatable bonds is 4. The third kappa shape index (κ3) is 3.27. The van der Waals surface area contributed by atoms with Gasteiger partial charge < -0.3 is 20.4 Å². The molecule has 0 saturated heterocycles. The number of aliphatic carboxylic acids is 1. The molecule has 0 aromatic rings. The molecule has 0 spiro atoms. The second-order valence-corrected chi connectivity index (χ2v) is 11.5. The zero-order chi connectivity index (χ0) is 21.1. The number of carbonyl (C=O) groups is 1. The van der Waals surface area contributed by atoms with Gasteiger partial charge in [0.1, 0.15) is 0 Å². The molecule has 11 atom stereocenters. The molecule has 0 unspecified atom stereocenters. The van der Waals surface area contributed by atoms with Crippen molar-refractivity contribution in [2.45, 2.75) is 96.9 Å². The normalized spacial score (nSPS) is 52.9. The van der Waals surface area contributed by atoms with Crippen LogP contribution in [0, 0.1) is 46.3 Å². The summed E-state index contributed by atoms with van der Waals surface area (Å²) >= 11 is 0. The van der Waals surface area contributed by atoms with Crippen LogP contribution in [0.2, 0.25) is 0 Å². The minimum absolute atomic E-state index is 0.00309. The first-order valence-electron chi connectivity index (χ1n) is 11.9. The van der Waals surface area contributed by atoms with Crippen molar-refractivity contribution in [1.29, 1.82) is 0 Å². The Balaban J connectivity index is 1.59. The van der Waals surface area contributed by atoms with Crippen molar-refractivity contribution in [1.82, 2.24) is 0 Å². The molecule has 5 heteroatoms. The van der Waals surface area contributed by atoms with Gasteiger partial charge >= 0.3 is 5.97 Å². The maximum absolute atomic E-state index is 11.3. The van der Waals surface area contributed by atoms with E-state index >= 15 is 0 Å². The Kier molecular flexibility index (Phi) is 5.57. The van der Waals surface area contributed by atoms with Crippen molar-refractivity contribution in [3.8, 4) is 0 Å². The van der Waals surface area contributed by atoms with Crippen LogP contribution in [0.3, 0.4) is 0 Å². The fraction of sp³-hybridized carbons (Fsp3) is 0.958. The molecule has 0 amide bonds. The van der Waals surface area contributed by atoms with Crippen LogP contribution in [0.15, 0.2) is 0 Å². The first-order valence-corrected chi connectivity index (χ1v) is 11.9. The van der Waals surface area contributed by atoms with Crippen LogP contribution in [0.4, 0.5) is 0 Å². The molecule has 0 aliphatic heterocycles. The highest BCUT2D eigenvalue weighted by Gasteiger charge is 2.65. The smallest absolute Gasteiger partial charge is 0.303 e. The summed E-state index contributed by atoms with van der Waals surface area (Å²) in [5, 5.41) is 41.7. The lowest BCUT2D eigenvalue weighted by molar-refractivity contribution is -0.223. The van der Waals surface area contributed by atoms with Crippen LogP contribution >= 0.6 is 0 Å². The molecule has 4 aliphatic carbocycles. The van der Waals surface area contributed by atoms with E-state index in [1.807, 2.05) is 0 Å². The second kappa shape index (κ2) is 7.49. The molecule has 0 aromatic carbocycles. The zero-order valence-corrected chi connectivity index (χ0v) is 18.3. The molecule has 0 aromatic heterocycles. The predicted octanol–water partition coefficient (Wildman–Crippen LogP) is 3.45. The van der Waals surface area contributed by atoms with Gasteiger partial charge in [-0.15, -0.1) is 0 Å². The maximum atomic E-state index is 11.3. The molecule has 4 fully saturated rings. The summed E-state index contributed by atoms with van der Waals surface area (Å²) in [6, 6.07) is 0. The van der Waals surface area contributed by atoms with Crippen molar-refractivity contribution < 1.29 is 25.2 Å². The summed E-state index contributed by atoms with van der Waals surface area (Å²) in [5.41, 5.74) is 0.119. The molecule has 4 saturated carbocycles. The summed E-state index contributed by atoms with van der Waals surface area (Å²) in [6.45, 7) is 6.89. The third-order valence-corrected chi connectivity index (χ3v) is 10.3. The molecular weight excluding hydrogens is 368 g/mol. The van der Waals surface area contributed by atoms with Crippen LogP contribution in [0.25, 0.3) is 0 Å². The molecular formula is C24H40O5. The quantitative estimate of drug-likeness (QED) is 0.571. The van der Waals surface area contributed by atoms with Gasteiger partial charge in [0.05, 0.1) is 18.3 Å². The van der Waals surface area contributed by atoms with Crippen molar-refractivity contribution in [3.05, 3.63) is 0 Å². The molecule has 4 N–H and O–H groups in total. The van der Waals surface area contributed by atoms with Crippen molar-refractivity contribution >= 4 is 5.97 Å². The minimum atomic E-state index is -0.748. The molecule has 29 heavy (non-hydrogen) atoms. The third-order valence-electron chi connectivity index (χ3n) is 10.3. The zero-order valence-electron chi connectivity index (χ0n) is 18.3. The van der Waals surface area contributed by atoms with Crippen LogP contribution < -0.4 is 0 Å². The molecule has 5 nitrogen and oxygen atoms in total. The number of aliphatic hydroxyl groups is 3. The van der Waals surface area contributed by atoms with Crippen molar-refractivity contribution in [2.75, 3.05) is 0 Å². The average molecular weight is 409 g/mol. The highest BCUT2D eigenvalue weighted by atomic mass is 16.4. The lowest BCUT2D eigenvalue weighted by atomic mass is 9.43. The number of hydrogen-bond acceptors (Lipinski definition) is 4. The average Bonchev–Trinajstić information content (AvgIpc) is 3.02. The van der Waals surface area contributed by atoms with E-state index in [1.54, 1.807) is 0 Å². The summed E-state index contributed by atoms with van der Waals surface area (Å²) in [6.07, 6.45) is 5.87. The van der Waals surface area contributed by atoms with E-state index in [4.69, 9.17) is 5.11 Å². The van der Waals surface area contributed by atoms with E-state index in [9.17, 15) is 20.1 Å². The Morgan fingerprint density at radius 1 is 0.931 bits per heavy atom. The van der Waals surface area contributed by atoms with Gasteiger partial charge in [-0.05, 0) is 97.7 Å². The number of carboxylic acid groups (broad SMARTS) is 1. The van der Waals surface area contributed by atoms with Gasteiger partial charge in [-0.3, -0.25) is 4.79 Å². The largest absolute Gasteiger partial charge is 0.481 e. The fourth-order valence-corrected chi connectivity index (χ4v) is 8.77.